The van der Waals surface area contributed by atoms with Gasteiger partial charge in [-0.15, -0.1) is 0 Å². The normalized spacial score (nSPS) is 20.7. The Hall–Kier alpha value is -0.850. The minimum Gasteiger partial charge on any atom is -0.239 e. The Morgan fingerprint density at radius 1 is 1.00 bits per heavy atom. The van der Waals surface area contributed by atoms with Crippen LogP contribution in [0.15, 0.2) is 24.3 Å². The van der Waals surface area contributed by atoms with E-state index in [1.54, 1.807) is 0 Å². The van der Waals surface area contributed by atoms with E-state index in [9.17, 15) is 4.39 Å². The van der Waals surface area contributed by atoms with Crippen LogP contribution in [-0.4, -0.2) is 0 Å². The molecule has 0 heterocycles. The molecule has 0 spiro atoms. The lowest BCUT2D eigenvalue weighted by Gasteiger charge is -2.29. The van der Waals surface area contributed by atoms with Crippen molar-refractivity contribution in [3.8, 4) is 0 Å². The third-order valence-corrected chi connectivity index (χ3v) is 3.22. The maximum atomic E-state index is 14.4. The largest absolute Gasteiger partial charge is 0.239 e. The van der Waals surface area contributed by atoms with Gasteiger partial charge in [-0.3, -0.25) is 0 Å². The van der Waals surface area contributed by atoms with Gasteiger partial charge >= 0.3 is 0 Å². The summed E-state index contributed by atoms with van der Waals surface area (Å²) in [4.78, 5) is 0. The molecular weight excluding hydrogens is 175 g/mol. The van der Waals surface area contributed by atoms with Gasteiger partial charge < -0.3 is 0 Å². The van der Waals surface area contributed by atoms with Gasteiger partial charge in [-0.2, -0.15) is 0 Å². The number of hydrogen-bond acceptors (Lipinski definition) is 0. The highest BCUT2D eigenvalue weighted by molar-refractivity contribution is 5.26. The van der Waals surface area contributed by atoms with Crippen LogP contribution in [0.2, 0.25) is 0 Å². The highest BCUT2D eigenvalue weighted by atomic mass is 19.1. The molecule has 14 heavy (non-hydrogen) atoms. The summed E-state index contributed by atoms with van der Waals surface area (Å²) in [5.41, 5.74) is 1.04. The van der Waals surface area contributed by atoms with Gasteiger partial charge in [0.05, 0.1) is 0 Å². The standard InChI is InChI=1S/C13H17F/c1-11-5-7-12(8-6-11)13(14)9-3-2-4-10-13/h5-8H,2-4,9-10H2,1H3. The fourth-order valence-electron chi connectivity index (χ4n) is 2.25. The Morgan fingerprint density at radius 3 is 2.14 bits per heavy atom. The minimum absolute atomic E-state index is 0.704. The van der Waals surface area contributed by atoms with E-state index >= 15 is 0 Å². The Labute approximate surface area is 85.1 Å². The average Bonchev–Trinajstić information content (AvgIpc) is 2.19. The van der Waals surface area contributed by atoms with Gasteiger partial charge in [0.2, 0.25) is 0 Å². The summed E-state index contributed by atoms with van der Waals surface area (Å²) in [6, 6.07) is 7.90. The van der Waals surface area contributed by atoms with Crippen LogP contribution in [0.5, 0.6) is 0 Å². The maximum absolute atomic E-state index is 14.4. The molecular formula is C13H17F. The van der Waals surface area contributed by atoms with Crippen LogP contribution >= 0.6 is 0 Å². The van der Waals surface area contributed by atoms with Gasteiger partial charge in [0.15, 0.2) is 0 Å². The van der Waals surface area contributed by atoms with Crippen LogP contribution in [0.4, 0.5) is 4.39 Å². The maximum Gasteiger partial charge on any atom is 0.136 e. The monoisotopic (exact) mass is 192 g/mol. The first-order chi connectivity index (χ1) is 6.71. The second-order valence-electron chi connectivity index (χ2n) is 4.39. The van der Waals surface area contributed by atoms with E-state index in [-0.39, 0.29) is 0 Å². The lowest BCUT2D eigenvalue weighted by atomic mass is 9.81. The van der Waals surface area contributed by atoms with E-state index in [4.69, 9.17) is 0 Å². The first kappa shape index (κ1) is 9.70. The van der Waals surface area contributed by atoms with E-state index < -0.39 is 5.67 Å². The zero-order chi connectivity index (χ0) is 10.0. The average molecular weight is 192 g/mol. The van der Waals surface area contributed by atoms with Gasteiger partial charge in [-0.05, 0) is 38.2 Å². The Kier molecular flexibility index (Phi) is 2.58. The van der Waals surface area contributed by atoms with Crippen molar-refractivity contribution in [2.24, 2.45) is 0 Å². The molecule has 0 unspecified atom stereocenters. The number of rotatable bonds is 1. The fraction of sp³-hybridized carbons (Fsp3) is 0.538. The summed E-state index contributed by atoms with van der Waals surface area (Å²) in [5, 5.41) is 0. The lowest BCUT2D eigenvalue weighted by Crippen LogP contribution is -2.23. The lowest BCUT2D eigenvalue weighted by molar-refractivity contribution is 0.106. The Balaban J connectivity index is 2.23. The van der Waals surface area contributed by atoms with Gasteiger partial charge in [0.25, 0.3) is 0 Å². The van der Waals surface area contributed by atoms with Crippen LogP contribution < -0.4 is 0 Å². The van der Waals surface area contributed by atoms with Crippen LogP contribution in [0.3, 0.4) is 0 Å². The number of hydrogen-bond donors (Lipinski definition) is 0. The summed E-state index contributed by atoms with van der Waals surface area (Å²) in [5.74, 6) is 0. The van der Waals surface area contributed by atoms with Gasteiger partial charge in [0, 0.05) is 0 Å². The van der Waals surface area contributed by atoms with Crippen LogP contribution in [0.1, 0.15) is 43.2 Å². The topological polar surface area (TPSA) is 0 Å². The molecule has 0 aromatic heterocycles. The van der Waals surface area contributed by atoms with Crippen molar-refractivity contribution in [1.29, 1.82) is 0 Å². The molecule has 0 amide bonds. The molecule has 2 rings (SSSR count). The summed E-state index contributed by atoms with van der Waals surface area (Å²) in [6.45, 7) is 2.04. The Bertz CT molecular complexity index is 294. The fourth-order valence-corrected chi connectivity index (χ4v) is 2.25. The zero-order valence-electron chi connectivity index (χ0n) is 8.72. The predicted molar refractivity (Wildman–Crippen MR) is 57.1 cm³/mol. The van der Waals surface area contributed by atoms with E-state index in [1.807, 2.05) is 31.2 Å². The highest BCUT2D eigenvalue weighted by Gasteiger charge is 2.33. The number of benzene rings is 1. The SMILES string of the molecule is Cc1ccc(C2(F)CCCCC2)cc1. The molecule has 0 aliphatic heterocycles. The molecule has 1 aliphatic carbocycles. The van der Waals surface area contributed by atoms with Crippen molar-refractivity contribution in [3.05, 3.63) is 35.4 Å². The number of halogens is 1. The third-order valence-electron chi connectivity index (χ3n) is 3.22. The van der Waals surface area contributed by atoms with E-state index in [2.05, 4.69) is 0 Å². The van der Waals surface area contributed by atoms with Gasteiger partial charge in [0.1, 0.15) is 5.67 Å². The molecule has 0 radical (unpaired) electrons. The van der Waals surface area contributed by atoms with E-state index in [0.717, 1.165) is 18.4 Å². The van der Waals surface area contributed by atoms with Crippen molar-refractivity contribution in [3.63, 3.8) is 0 Å². The van der Waals surface area contributed by atoms with Crippen molar-refractivity contribution in [2.45, 2.75) is 44.7 Å². The molecule has 1 aromatic rings. The molecule has 0 saturated heterocycles. The summed E-state index contributed by atoms with van der Waals surface area (Å²) in [7, 11) is 0. The van der Waals surface area contributed by atoms with Crippen molar-refractivity contribution in [2.75, 3.05) is 0 Å². The second-order valence-corrected chi connectivity index (χ2v) is 4.39. The smallest absolute Gasteiger partial charge is 0.136 e. The highest BCUT2D eigenvalue weighted by Crippen LogP contribution is 2.40. The minimum atomic E-state index is -1.04. The molecule has 1 aromatic carbocycles. The summed E-state index contributed by atoms with van der Waals surface area (Å²) in [6.07, 6.45) is 4.67. The first-order valence-corrected chi connectivity index (χ1v) is 5.47. The first-order valence-electron chi connectivity index (χ1n) is 5.47. The van der Waals surface area contributed by atoms with Gasteiger partial charge in [-0.1, -0.05) is 36.2 Å². The summed E-state index contributed by atoms with van der Waals surface area (Å²) >= 11 is 0. The third kappa shape index (κ3) is 1.82. The van der Waals surface area contributed by atoms with Crippen molar-refractivity contribution >= 4 is 0 Å². The molecule has 76 valence electrons. The van der Waals surface area contributed by atoms with Crippen LogP contribution in [0, 0.1) is 6.92 Å². The molecule has 1 fully saturated rings. The van der Waals surface area contributed by atoms with Crippen LogP contribution in [0.25, 0.3) is 0 Å². The molecule has 1 saturated carbocycles. The quantitative estimate of drug-likeness (QED) is 0.627. The Morgan fingerprint density at radius 2 is 1.57 bits per heavy atom. The number of alkyl halides is 1. The second kappa shape index (κ2) is 3.72. The van der Waals surface area contributed by atoms with Crippen molar-refractivity contribution < 1.29 is 4.39 Å². The summed E-state index contributed by atoms with van der Waals surface area (Å²) < 4.78 is 14.4. The van der Waals surface area contributed by atoms with E-state index in [1.165, 1.54) is 12.0 Å². The predicted octanol–water partition coefficient (Wildman–Crippen LogP) is 4.12. The molecule has 0 atom stereocenters. The molecule has 0 N–H and O–H groups in total. The molecule has 1 aliphatic rings. The number of aryl methyl sites for hydroxylation is 1. The molecule has 0 nitrogen and oxygen atoms in total. The molecule has 0 bridgehead atoms. The van der Waals surface area contributed by atoms with E-state index in [0.29, 0.717) is 12.8 Å². The molecule has 1 heteroatoms. The van der Waals surface area contributed by atoms with Crippen molar-refractivity contribution in [1.82, 2.24) is 0 Å². The van der Waals surface area contributed by atoms with Gasteiger partial charge in [-0.25, -0.2) is 4.39 Å². The zero-order valence-corrected chi connectivity index (χ0v) is 8.72. The van der Waals surface area contributed by atoms with Crippen LogP contribution in [-0.2, 0) is 5.67 Å².